The Kier molecular flexibility index (Phi) is 4.66. The van der Waals surface area contributed by atoms with Gasteiger partial charge >= 0.3 is 5.97 Å². The minimum atomic E-state index is -0.852. The van der Waals surface area contributed by atoms with Crippen LogP contribution in [0.1, 0.15) is 56.2 Å². The normalized spacial score (nSPS) is 18.2. The van der Waals surface area contributed by atoms with Gasteiger partial charge in [0.15, 0.2) is 0 Å². The van der Waals surface area contributed by atoms with Gasteiger partial charge in [0, 0.05) is 6.42 Å². The van der Waals surface area contributed by atoms with Crippen LogP contribution in [-0.2, 0) is 9.59 Å². The van der Waals surface area contributed by atoms with E-state index in [1.54, 1.807) is 0 Å². The summed E-state index contributed by atoms with van der Waals surface area (Å²) in [5.74, 6) is -1.01. The Hall–Kier alpha value is -1.84. The van der Waals surface area contributed by atoms with Crippen molar-refractivity contribution in [2.45, 2.75) is 52.0 Å². The highest BCUT2D eigenvalue weighted by Gasteiger charge is 2.43. The molecule has 2 N–H and O–H groups in total. The van der Waals surface area contributed by atoms with Gasteiger partial charge in [-0.25, -0.2) is 0 Å². The molecule has 0 unspecified atom stereocenters. The van der Waals surface area contributed by atoms with Crippen LogP contribution in [0.4, 0.5) is 0 Å². The van der Waals surface area contributed by atoms with Crippen molar-refractivity contribution < 1.29 is 14.7 Å². The third-order valence-corrected chi connectivity index (χ3v) is 4.55. The van der Waals surface area contributed by atoms with Gasteiger partial charge < -0.3 is 10.4 Å². The molecule has 1 aromatic carbocycles. The summed E-state index contributed by atoms with van der Waals surface area (Å²) < 4.78 is 0. The van der Waals surface area contributed by atoms with Crippen LogP contribution < -0.4 is 5.32 Å². The van der Waals surface area contributed by atoms with Gasteiger partial charge in [-0.1, -0.05) is 37.1 Å². The number of benzene rings is 1. The lowest BCUT2D eigenvalue weighted by Crippen LogP contribution is -2.36. The topological polar surface area (TPSA) is 66.4 Å². The maximum atomic E-state index is 12.2. The molecular formula is C17H23NO3. The van der Waals surface area contributed by atoms with Crippen LogP contribution in [0.2, 0.25) is 0 Å². The largest absolute Gasteiger partial charge is 0.481 e. The van der Waals surface area contributed by atoms with Crippen LogP contribution in [0, 0.1) is 12.3 Å². The van der Waals surface area contributed by atoms with Crippen LogP contribution in [0.5, 0.6) is 0 Å². The second-order valence-corrected chi connectivity index (χ2v) is 6.12. The van der Waals surface area contributed by atoms with Crippen molar-refractivity contribution >= 4 is 11.9 Å². The molecule has 1 aliphatic carbocycles. The molecule has 4 nitrogen and oxygen atoms in total. The first kappa shape index (κ1) is 15.5. The molecule has 0 aliphatic heterocycles. The molecule has 0 saturated heterocycles. The summed E-state index contributed by atoms with van der Waals surface area (Å²) in [4.78, 5) is 23.7. The second kappa shape index (κ2) is 6.29. The van der Waals surface area contributed by atoms with Crippen molar-refractivity contribution in [3.63, 3.8) is 0 Å². The van der Waals surface area contributed by atoms with Crippen molar-refractivity contribution in [1.82, 2.24) is 5.32 Å². The van der Waals surface area contributed by atoms with E-state index in [0.29, 0.717) is 12.8 Å². The van der Waals surface area contributed by atoms with E-state index in [-0.39, 0.29) is 18.4 Å². The molecule has 1 aromatic rings. The van der Waals surface area contributed by atoms with Gasteiger partial charge in [-0.2, -0.15) is 0 Å². The number of amides is 1. The monoisotopic (exact) mass is 289 g/mol. The lowest BCUT2D eigenvalue weighted by atomic mass is 9.82. The first-order chi connectivity index (χ1) is 9.94. The van der Waals surface area contributed by atoms with Gasteiger partial charge in [-0.05, 0) is 37.8 Å². The Morgan fingerprint density at radius 1 is 1.29 bits per heavy atom. The summed E-state index contributed by atoms with van der Waals surface area (Å²) in [6.45, 7) is 3.94. The van der Waals surface area contributed by atoms with E-state index < -0.39 is 11.4 Å². The maximum absolute atomic E-state index is 12.2. The molecule has 1 amide bonds. The minimum Gasteiger partial charge on any atom is -0.481 e. The third-order valence-electron chi connectivity index (χ3n) is 4.55. The number of nitrogens with one attached hydrogen (secondary N) is 1. The summed E-state index contributed by atoms with van der Waals surface area (Å²) in [6.07, 6.45) is 3.08. The molecule has 0 radical (unpaired) electrons. The Labute approximate surface area is 125 Å². The van der Waals surface area contributed by atoms with E-state index in [0.717, 1.165) is 24.0 Å². The minimum absolute atomic E-state index is 0.0819. The fourth-order valence-electron chi connectivity index (χ4n) is 3.27. The highest BCUT2D eigenvalue weighted by atomic mass is 16.4. The molecule has 2 rings (SSSR count). The number of hydrogen-bond donors (Lipinski definition) is 2. The number of carboxylic acid groups (broad SMARTS) is 1. The maximum Gasteiger partial charge on any atom is 0.310 e. The predicted molar refractivity (Wildman–Crippen MR) is 80.9 cm³/mol. The number of carbonyl (C=O) groups is 2. The standard InChI is InChI=1S/C17H23NO3/c1-12-7-3-4-8-14(12)13(2)18-15(19)11-17(16(20)21)9-5-6-10-17/h3-4,7-8,13H,5-6,9-11H2,1-2H3,(H,18,19)(H,20,21)/t13-/m0/s1. The summed E-state index contributed by atoms with van der Waals surface area (Å²) in [7, 11) is 0. The highest BCUT2D eigenvalue weighted by molar-refractivity contribution is 5.85. The van der Waals surface area contributed by atoms with Crippen molar-refractivity contribution in [3.05, 3.63) is 35.4 Å². The molecule has 1 fully saturated rings. The number of hydrogen-bond acceptors (Lipinski definition) is 2. The molecule has 21 heavy (non-hydrogen) atoms. The van der Waals surface area contributed by atoms with Crippen LogP contribution in [0.3, 0.4) is 0 Å². The van der Waals surface area contributed by atoms with E-state index in [9.17, 15) is 14.7 Å². The molecule has 114 valence electrons. The van der Waals surface area contributed by atoms with Gasteiger partial charge in [0.1, 0.15) is 0 Å². The fourth-order valence-corrected chi connectivity index (χ4v) is 3.27. The van der Waals surface area contributed by atoms with Crippen molar-refractivity contribution in [3.8, 4) is 0 Å². The highest BCUT2D eigenvalue weighted by Crippen LogP contribution is 2.41. The molecule has 4 heteroatoms. The number of carboxylic acids is 1. The van der Waals surface area contributed by atoms with Gasteiger partial charge in [0.2, 0.25) is 5.91 Å². The van der Waals surface area contributed by atoms with E-state index in [4.69, 9.17) is 0 Å². The third kappa shape index (κ3) is 3.43. The van der Waals surface area contributed by atoms with Crippen molar-refractivity contribution in [1.29, 1.82) is 0 Å². The SMILES string of the molecule is Cc1ccccc1[C@H](C)NC(=O)CC1(C(=O)O)CCCC1. The molecule has 0 aromatic heterocycles. The number of carbonyl (C=O) groups excluding carboxylic acids is 1. The summed E-state index contributed by atoms with van der Waals surface area (Å²) in [5.41, 5.74) is 1.34. The first-order valence-electron chi connectivity index (χ1n) is 7.53. The van der Waals surface area contributed by atoms with Crippen LogP contribution in [-0.4, -0.2) is 17.0 Å². The van der Waals surface area contributed by atoms with Gasteiger partial charge in [0.25, 0.3) is 0 Å². The zero-order valence-corrected chi connectivity index (χ0v) is 12.7. The molecule has 1 aliphatic rings. The van der Waals surface area contributed by atoms with Gasteiger partial charge in [-0.15, -0.1) is 0 Å². The summed E-state index contributed by atoms with van der Waals surface area (Å²) in [5, 5.41) is 12.4. The number of aryl methyl sites for hydroxylation is 1. The van der Waals surface area contributed by atoms with Crippen LogP contribution in [0.25, 0.3) is 0 Å². The number of aliphatic carboxylic acids is 1. The van der Waals surface area contributed by atoms with E-state index in [2.05, 4.69) is 5.32 Å². The van der Waals surface area contributed by atoms with Crippen LogP contribution in [0.15, 0.2) is 24.3 Å². The summed E-state index contributed by atoms with van der Waals surface area (Å²) >= 11 is 0. The average molecular weight is 289 g/mol. The Morgan fingerprint density at radius 2 is 1.90 bits per heavy atom. The Bertz CT molecular complexity index is 533. The van der Waals surface area contributed by atoms with E-state index in [1.165, 1.54) is 0 Å². The summed E-state index contributed by atoms with van der Waals surface area (Å²) in [6, 6.07) is 7.80. The smallest absolute Gasteiger partial charge is 0.310 e. The van der Waals surface area contributed by atoms with Gasteiger partial charge in [0.05, 0.1) is 11.5 Å². The van der Waals surface area contributed by atoms with Crippen molar-refractivity contribution in [2.24, 2.45) is 5.41 Å². The molecule has 0 heterocycles. The first-order valence-corrected chi connectivity index (χ1v) is 7.53. The number of rotatable bonds is 5. The fraction of sp³-hybridized carbons (Fsp3) is 0.529. The molecular weight excluding hydrogens is 266 g/mol. The Morgan fingerprint density at radius 3 is 2.48 bits per heavy atom. The zero-order valence-electron chi connectivity index (χ0n) is 12.7. The predicted octanol–water partition coefficient (Wildman–Crippen LogP) is 3.21. The zero-order chi connectivity index (χ0) is 15.5. The lowest BCUT2D eigenvalue weighted by Gasteiger charge is -2.24. The lowest BCUT2D eigenvalue weighted by molar-refractivity contribution is -0.151. The average Bonchev–Trinajstić information content (AvgIpc) is 2.88. The molecule has 1 saturated carbocycles. The molecule has 0 spiro atoms. The van der Waals surface area contributed by atoms with E-state index >= 15 is 0 Å². The van der Waals surface area contributed by atoms with Crippen LogP contribution >= 0.6 is 0 Å². The Balaban J connectivity index is 2.01. The quantitative estimate of drug-likeness (QED) is 0.874. The van der Waals surface area contributed by atoms with E-state index in [1.807, 2.05) is 38.1 Å². The van der Waals surface area contributed by atoms with Crippen molar-refractivity contribution in [2.75, 3.05) is 0 Å². The second-order valence-electron chi connectivity index (χ2n) is 6.12. The molecule has 1 atom stereocenters. The molecule has 0 bridgehead atoms. The van der Waals surface area contributed by atoms with Gasteiger partial charge in [-0.3, -0.25) is 9.59 Å².